The van der Waals surface area contributed by atoms with Gasteiger partial charge in [0.2, 0.25) is 9.70 Å². The molecule has 3 heterocycles. The van der Waals surface area contributed by atoms with Crippen LogP contribution in [0.5, 0.6) is 0 Å². The molecule has 8 heteroatoms. The Morgan fingerprint density at radius 3 is 2.60 bits per heavy atom. The Morgan fingerprint density at radius 1 is 1.24 bits per heavy atom. The first-order chi connectivity index (χ1) is 11.7. The molecule has 3 atom stereocenters. The van der Waals surface area contributed by atoms with Gasteiger partial charge in [0, 0.05) is 43.2 Å². The Labute approximate surface area is 162 Å². The van der Waals surface area contributed by atoms with E-state index in [4.69, 9.17) is 34.8 Å². The second kappa shape index (κ2) is 7.10. The topological polar surface area (TPSA) is 54.3 Å². The summed E-state index contributed by atoms with van der Waals surface area (Å²) in [5, 5.41) is 2.87. The van der Waals surface area contributed by atoms with Crippen LogP contribution in [0.4, 0.5) is 0 Å². The number of likely N-dealkylation sites (tertiary alicyclic amines) is 1. The molecule has 2 aliphatic rings. The number of hydrogen-bond donors (Lipinski definition) is 1. The zero-order valence-corrected chi connectivity index (χ0v) is 16.5. The molecule has 1 saturated heterocycles. The van der Waals surface area contributed by atoms with Crippen molar-refractivity contribution >= 4 is 40.7 Å². The average Bonchev–Trinajstić information content (AvgIpc) is 2.52. The highest BCUT2D eigenvalue weighted by Gasteiger charge is 2.44. The molecule has 25 heavy (non-hydrogen) atoms. The maximum absolute atomic E-state index is 12.2. The Balaban J connectivity index is 1.86. The van der Waals surface area contributed by atoms with Gasteiger partial charge in [-0.2, -0.15) is 0 Å². The van der Waals surface area contributed by atoms with Crippen LogP contribution in [-0.4, -0.2) is 38.4 Å². The van der Waals surface area contributed by atoms with E-state index in [1.807, 2.05) is 15.5 Å². The fraction of sp³-hybridized carbons (Fsp3) is 0.647. The summed E-state index contributed by atoms with van der Waals surface area (Å²) in [7, 11) is 0. The molecule has 2 aliphatic heterocycles. The van der Waals surface area contributed by atoms with E-state index in [1.54, 1.807) is 26.0 Å². The molecule has 3 rings (SSSR count). The van der Waals surface area contributed by atoms with E-state index < -0.39 is 9.96 Å². The summed E-state index contributed by atoms with van der Waals surface area (Å²) in [6.07, 6.45) is 0.310. The number of nitrogens with one attached hydrogen (secondary N) is 1. The molecule has 1 N–H and O–H groups in total. The molecule has 1 amide bonds. The molecule has 0 radical (unpaired) electrons. The molecular weight excluding hydrogens is 385 g/mol. The lowest BCUT2D eigenvalue weighted by molar-refractivity contribution is -0.126. The number of carbonyl (C=O) groups excluding carboxylic acids is 1. The zero-order chi connectivity index (χ0) is 18.4. The Morgan fingerprint density at radius 2 is 1.96 bits per heavy atom. The third kappa shape index (κ3) is 4.00. The van der Waals surface area contributed by atoms with Gasteiger partial charge in [0.05, 0.1) is 0 Å². The largest absolute Gasteiger partial charge is 0.336 e. The molecule has 0 saturated carbocycles. The van der Waals surface area contributed by atoms with Gasteiger partial charge in [-0.05, 0) is 18.4 Å². The van der Waals surface area contributed by atoms with Crippen molar-refractivity contribution in [2.24, 2.45) is 11.8 Å². The van der Waals surface area contributed by atoms with Gasteiger partial charge in [-0.15, -0.1) is 0 Å². The van der Waals surface area contributed by atoms with E-state index in [-0.39, 0.29) is 29.2 Å². The SMILES string of the molecule is CC(C)C(=O)N[C@@H](N1C[C@@H]2C[C@@H](C1)c1cccc(=O)n1C2)C(Cl)(Cl)Cl. The summed E-state index contributed by atoms with van der Waals surface area (Å²) in [5.74, 6) is 0.131. The quantitative estimate of drug-likeness (QED) is 0.785. The molecule has 0 unspecified atom stereocenters. The molecule has 0 aliphatic carbocycles. The van der Waals surface area contributed by atoms with Crippen LogP contribution < -0.4 is 10.9 Å². The molecule has 1 aromatic rings. The smallest absolute Gasteiger partial charge is 0.250 e. The predicted octanol–water partition coefficient (Wildman–Crippen LogP) is 2.74. The molecule has 0 aromatic carbocycles. The number of piperidine rings is 1. The van der Waals surface area contributed by atoms with Gasteiger partial charge < -0.3 is 9.88 Å². The fourth-order valence-electron chi connectivity index (χ4n) is 3.83. The van der Waals surface area contributed by atoms with E-state index in [0.29, 0.717) is 19.6 Å². The summed E-state index contributed by atoms with van der Waals surface area (Å²) in [5.41, 5.74) is 1.05. The number of alkyl halides is 3. The Bertz CT molecular complexity index is 714. The van der Waals surface area contributed by atoms with Crippen molar-refractivity contribution in [1.29, 1.82) is 0 Å². The van der Waals surface area contributed by atoms with Crippen molar-refractivity contribution in [2.75, 3.05) is 13.1 Å². The summed E-state index contributed by atoms with van der Waals surface area (Å²) in [6.45, 7) is 5.58. The van der Waals surface area contributed by atoms with Crippen LogP contribution in [0.1, 0.15) is 31.9 Å². The summed E-state index contributed by atoms with van der Waals surface area (Å²) in [4.78, 5) is 26.3. The summed E-state index contributed by atoms with van der Waals surface area (Å²) in [6, 6.07) is 5.37. The minimum atomic E-state index is -1.63. The third-order valence-electron chi connectivity index (χ3n) is 4.99. The number of rotatable bonds is 3. The highest BCUT2D eigenvalue weighted by Crippen LogP contribution is 2.39. The van der Waals surface area contributed by atoms with Gasteiger partial charge in [-0.3, -0.25) is 14.5 Å². The number of fused-ring (bicyclic) bond motifs is 4. The lowest BCUT2D eigenvalue weighted by Crippen LogP contribution is -2.60. The van der Waals surface area contributed by atoms with E-state index in [0.717, 1.165) is 12.1 Å². The van der Waals surface area contributed by atoms with E-state index in [1.165, 1.54) is 0 Å². The lowest BCUT2D eigenvalue weighted by atomic mass is 9.83. The van der Waals surface area contributed by atoms with Crippen molar-refractivity contribution in [3.8, 4) is 0 Å². The van der Waals surface area contributed by atoms with Gasteiger partial charge in [0.1, 0.15) is 6.17 Å². The standard InChI is InChI=1S/C17H22Cl3N3O2/c1-10(2)15(25)21-16(17(18,19)20)22-7-11-6-12(9-22)13-4-3-5-14(24)23(13)8-11/h3-5,10-12,16H,6-9H2,1-2H3,(H,21,25)/t11-,12-,16-/m0/s1. The molecule has 1 fully saturated rings. The van der Waals surface area contributed by atoms with Crippen molar-refractivity contribution in [2.45, 2.75) is 42.7 Å². The molecule has 138 valence electrons. The van der Waals surface area contributed by atoms with Crippen molar-refractivity contribution in [1.82, 2.24) is 14.8 Å². The maximum Gasteiger partial charge on any atom is 0.250 e. The van der Waals surface area contributed by atoms with Crippen molar-refractivity contribution < 1.29 is 4.79 Å². The van der Waals surface area contributed by atoms with Crippen LogP contribution in [0, 0.1) is 11.8 Å². The number of amides is 1. The Kier molecular flexibility index (Phi) is 5.41. The van der Waals surface area contributed by atoms with Gasteiger partial charge in [0.25, 0.3) is 5.56 Å². The number of nitrogens with zero attached hydrogens (tertiary/aromatic N) is 2. The normalized spacial score (nSPS) is 24.7. The first-order valence-electron chi connectivity index (χ1n) is 8.47. The average molecular weight is 407 g/mol. The van der Waals surface area contributed by atoms with Crippen LogP contribution in [0.25, 0.3) is 0 Å². The van der Waals surface area contributed by atoms with Gasteiger partial charge in [-0.25, -0.2) is 0 Å². The first kappa shape index (κ1) is 19.0. The highest BCUT2D eigenvalue weighted by molar-refractivity contribution is 6.68. The highest BCUT2D eigenvalue weighted by atomic mass is 35.6. The minimum absolute atomic E-state index is 0.0340. The monoisotopic (exact) mass is 405 g/mol. The van der Waals surface area contributed by atoms with Crippen molar-refractivity contribution in [3.63, 3.8) is 0 Å². The van der Waals surface area contributed by atoms with Crippen LogP contribution in [-0.2, 0) is 11.3 Å². The van der Waals surface area contributed by atoms with E-state index >= 15 is 0 Å². The van der Waals surface area contributed by atoms with Crippen LogP contribution in [0.2, 0.25) is 0 Å². The Hall–Kier alpha value is -0.750. The van der Waals surface area contributed by atoms with Crippen molar-refractivity contribution in [3.05, 3.63) is 34.2 Å². The lowest BCUT2D eigenvalue weighted by Gasteiger charge is -2.47. The van der Waals surface area contributed by atoms with E-state index in [2.05, 4.69) is 5.32 Å². The number of hydrogen-bond acceptors (Lipinski definition) is 3. The number of aromatic nitrogens is 1. The van der Waals surface area contributed by atoms with Gasteiger partial charge >= 0.3 is 0 Å². The van der Waals surface area contributed by atoms with Crippen LogP contribution in [0.15, 0.2) is 23.0 Å². The zero-order valence-electron chi connectivity index (χ0n) is 14.2. The summed E-state index contributed by atoms with van der Waals surface area (Å²) >= 11 is 18.5. The minimum Gasteiger partial charge on any atom is -0.336 e. The fourth-order valence-corrected chi connectivity index (χ4v) is 4.40. The summed E-state index contributed by atoms with van der Waals surface area (Å²) < 4.78 is 0.222. The number of pyridine rings is 1. The van der Waals surface area contributed by atoms with Crippen LogP contribution in [0.3, 0.4) is 0 Å². The first-order valence-corrected chi connectivity index (χ1v) is 9.61. The second-order valence-corrected chi connectivity index (χ2v) is 9.63. The van der Waals surface area contributed by atoms with E-state index in [9.17, 15) is 9.59 Å². The molecular formula is C17H22Cl3N3O2. The molecule has 5 nitrogen and oxygen atoms in total. The van der Waals surface area contributed by atoms with Gasteiger partial charge in [-0.1, -0.05) is 54.7 Å². The molecule has 2 bridgehead atoms. The van der Waals surface area contributed by atoms with Crippen LogP contribution >= 0.6 is 34.8 Å². The van der Waals surface area contributed by atoms with Gasteiger partial charge in [0.15, 0.2) is 0 Å². The number of halogens is 3. The third-order valence-corrected chi connectivity index (χ3v) is 5.61. The molecule has 1 aromatic heterocycles. The molecule has 0 spiro atoms. The maximum atomic E-state index is 12.2. The number of carbonyl (C=O) groups is 1. The second-order valence-electron chi connectivity index (χ2n) is 7.26. The predicted molar refractivity (Wildman–Crippen MR) is 100 cm³/mol.